The summed E-state index contributed by atoms with van der Waals surface area (Å²) in [7, 11) is 0. The van der Waals surface area contributed by atoms with Gasteiger partial charge in [-0.25, -0.2) is 4.98 Å². The number of thiazole rings is 1. The van der Waals surface area contributed by atoms with Crippen LogP contribution in [0.2, 0.25) is 0 Å². The van der Waals surface area contributed by atoms with E-state index in [-0.39, 0.29) is 0 Å². The van der Waals surface area contributed by atoms with E-state index < -0.39 is 0 Å². The van der Waals surface area contributed by atoms with Crippen LogP contribution < -0.4 is 0 Å². The van der Waals surface area contributed by atoms with Gasteiger partial charge < -0.3 is 5.11 Å². The lowest BCUT2D eigenvalue weighted by Gasteiger charge is -1.96. The second-order valence-electron chi connectivity index (χ2n) is 3.62. The summed E-state index contributed by atoms with van der Waals surface area (Å²) in [6.45, 7) is 4.16. The lowest BCUT2D eigenvalue weighted by Crippen LogP contribution is -1.77. The lowest BCUT2D eigenvalue weighted by molar-refractivity contribution is 0.470. The molecule has 0 fully saturated rings. The van der Waals surface area contributed by atoms with Crippen LogP contribution in [0.1, 0.15) is 31.7 Å². The summed E-state index contributed by atoms with van der Waals surface area (Å²) in [5.74, 6) is 0. The maximum Gasteiger partial charge on any atom is 0.118 e. The molecule has 0 aliphatic carbocycles. The minimum atomic E-state index is 0.878. The van der Waals surface area contributed by atoms with Gasteiger partial charge in [-0.3, -0.25) is 0 Å². The molecule has 2 nitrogen and oxygen atoms in total. The molecule has 0 saturated heterocycles. The molecule has 0 atom stereocenters. The molecule has 1 heterocycles. The molecule has 0 amide bonds. The molecule has 0 radical (unpaired) electrons. The van der Waals surface area contributed by atoms with Gasteiger partial charge >= 0.3 is 0 Å². The largest absolute Gasteiger partial charge is 0.516 e. The number of hydrogen-bond acceptors (Lipinski definition) is 3. The average Bonchev–Trinajstić information content (AvgIpc) is 2.79. The first-order valence-electron chi connectivity index (χ1n) is 5.27. The number of aliphatic hydroxyl groups is 1. The van der Waals surface area contributed by atoms with Crippen LogP contribution in [0.3, 0.4) is 0 Å². The number of aromatic nitrogens is 1. The van der Waals surface area contributed by atoms with E-state index in [0.717, 1.165) is 24.1 Å². The molecule has 1 aromatic rings. The SMILES string of the molecule is C/C(=C\C=C(/C)c1nccs1)CC/C=C\O. The Kier molecular flexibility index (Phi) is 5.57. The van der Waals surface area contributed by atoms with Crippen molar-refractivity contribution in [3.05, 3.63) is 46.6 Å². The number of aliphatic hydroxyl groups excluding tert-OH is 1. The minimum absolute atomic E-state index is 0.878. The van der Waals surface area contributed by atoms with E-state index in [1.165, 1.54) is 11.1 Å². The van der Waals surface area contributed by atoms with Gasteiger partial charge in [-0.2, -0.15) is 0 Å². The normalized spacial score (nSPS) is 13.6. The molecule has 0 unspecified atom stereocenters. The van der Waals surface area contributed by atoms with Crippen LogP contribution in [0, 0.1) is 0 Å². The Morgan fingerprint density at radius 2 is 2.25 bits per heavy atom. The van der Waals surface area contributed by atoms with Crippen molar-refractivity contribution in [3.8, 4) is 0 Å². The predicted molar refractivity (Wildman–Crippen MR) is 70.5 cm³/mol. The van der Waals surface area contributed by atoms with E-state index in [4.69, 9.17) is 5.11 Å². The highest BCUT2D eigenvalue weighted by Crippen LogP contribution is 2.16. The third-order valence-corrected chi connectivity index (χ3v) is 3.11. The van der Waals surface area contributed by atoms with Gasteiger partial charge in [0.15, 0.2) is 0 Å². The molecule has 1 aromatic heterocycles. The standard InChI is InChI=1S/C13H17NOS/c1-11(5-3-4-9-15)6-7-12(2)13-14-8-10-16-13/h4,6-10,15H,3,5H2,1-2H3/b9-4-,11-6+,12-7+. The van der Waals surface area contributed by atoms with Gasteiger partial charge in [-0.1, -0.05) is 17.7 Å². The Bertz CT molecular complexity index is 388. The third kappa shape index (κ3) is 4.45. The first kappa shape index (κ1) is 12.7. The molecule has 16 heavy (non-hydrogen) atoms. The highest BCUT2D eigenvalue weighted by Gasteiger charge is 1.95. The first-order chi connectivity index (χ1) is 7.74. The van der Waals surface area contributed by atoms with Crippen molar-refractivity contribution in [1.82, 2.24) is 4.98 Å². The zero-order valence-corrected chi connectivity index (χ0v) is 10.5. The monoisotopic (exact) mass is 235 g/mol. The predicted octanol–water partition coefficient (Wildman–Crippen LogP) is 4.34. The Morgan fingerprint density at radius 1 is 1.44 bits per heavy atom. The van der Waals surface area contributed by atoms with Crippen LogP contribution in [0.5, 0.6) is 0 Å². The quantitative estimate of drug-likeness (QED) is 0.608. The first-order valence-corrected chi connectivity index (χ1v) is 6.15. The topological polar surface area (TPSA) is 33.1 Å². The van der Waals surface area contributed by atoms with E-state index in [1.54, 1.807) is 17.4 Å². The van der Waals surface area contributed by atoms with Crippen LogP contribution in [0.15, 0.2) is 41.6 Å². The molecule has 86 valence electrons. The van der Waals surface area contributed by atoms with Gasteiger partial charge in [0.25, 0.3) is 0 Å². The van der Waals surface area contributed by atoms with E-state index in [0.29, 0.717) is 0 Å². The van der Waals surface area contributed by atoms with Crippen LogP contribution in [-0.2, 0) is 0 Å². The summed E-state index contributed by atoms with van der Waals surface area (Å²) >= 11 is 1.65. The van der Waals surface area contributed by atoms with Crippen molar-refractivity contribution in [1.29, 1.82) is 0 Å². The van der Waals surface area contributed by atoms with Crippen molar-refractivity contribution in [2.75, 3.05) is 0 Å². The van der Waals surface area contributed by atoms with E-state index in [1.807, 2.05) is 11.6 Å². The Balaban J connectivity index is 2.53. The van der Waals surface area contributed by atoms with Gasteiger partial charge in [0.1, 0.15) is 5.01 Å². The van der Waals surface area contributed by atoms with E-state index in [2.05, 4.69) is 31.0 Å². The van der Waals surface area contributed by atoms with Crippen molar-refractivity contribution in [3.63, 3.8) is 0 Å². The number of allylic oxidation sites excluding steroid dienone is 5. The van der Waals surface area contributed by atoms with Gasteiger partial charge in [-0.05, 0) is 38.3 Å². The zero-order valence-electron chi connectivity index (χ0n) is 9.68. The maximum absolute atomic E-state index is 8.50. The maximum atomic E-state index is 8.50. The summed E-state index contributed by atoms with van der Waals surface area (Å²) < 4.78 is 0. The fraction of sp³-hybridized carbons (Fsp3) is 0.308. The van der Waals surface area contributed by atoms with Crippen LogP contribution in [0.25, 0.3) is 5.57 Å². The fourth-order valence-electron chi connectivity index (χ4n) is 1.23. The summed E-state index contributed by atoms with van der Waals surface area (Å²) in [5, 5.41) is 11.6. The molecule has 0 aromatic carbocycles. The Labute approximate surface area is 101 Å². The van der Waals surface area contributed by atoms with Crippen molar-refractivity contribution in [2.24, 2.45) is 0 Å². The second-order valence-corrected chi connectivity index (χ2v) is 4.52. The van der Waals surface area contributed by atoms with Gasteiger partial charge in [0, 0.05) is 11.6 Å². The molecule has 1 rings (SSSR count). The second kappa shape index (κ2) is 7.01. The number of nitrogens with zero attached hydrogens (tertiary/aromatic N) is 1. The molecule has 0 aliphatic rings. The van der Waals surface area contributed by atoms with Crippen LogP contribution >= 0.6 is 11.3 Å². The third-order valence-electron chi connectivity index (χ3n) is 2.20. The Morgan fingerprint density at radius 3 is 2.88 bits per heavy atom. The van der Waals surface area contributed by atoms with E-state index >= 15 is 0 Å². The summed E-state index contributed by atoms with van der Waals surface area (Å²) in [6.07, 6.45) is 10.7. The number of rotatable bonds is 5. The van der Waals surface area contributed by atoms with E-state index in [9.17, 15) is 0 Å². The van der Waals surface area contributed by atoms with Crippen molar-refractivity contribution < 1.29 is 5.11 Å². The molecular formula is C13H17NOS. The van der Waals surface area contributed by atoms with Gasteiger partial charge in [0.2, 0.25) is 0 Å². The van der Waals surface area contributed by atoms with Crippen LogP contribution in [-0.4, -0.2) is 10.1 Å². The van der Waals surface area contributed by atoms with Gasteiger partial charge in [-0.15, -0.1) is 11.3 Å². The van der Waals surface area contributed by atoms with Crippen molar-refractivity contribution in [2.45, 2.75) is 26.7 Å². The minimum Gasteiger partial charge on any atom is -0.516 e. The van der Waals surface area contributed by atoms with Gasteiger partial charge in [0.05, 0.1) is 6.26 Å². The zero-order chi connectivity index (χ0) is 11.8. The molecule has 0 bridgehead atoms. The smallest absolute Gasteiger partial charge is 0.118 e. The molecule has 1 N–H and O–H groups in total. The average molecular weight is 235 g/mol. The lowest BCUT2D eigenvalue weighted by atomic mass is 10.1. The molecule has 0 saturated carbocycles. The fourth-order valence-corrected chi connectivity index (χ4v) is 1.85. The number of hydrogen-bond donors (Lipinski definition) is 1. The van der Waals surface area contributed by atoms with Crippen LogP contribution in [0.4, 0.5) is 0 Å². The summed E-state index contributed by atoms with van der Waals surface area (Å²) in [4.78, 5) is 4.25. The Hall–Kier alpha value is -1.35. The highest BCUT2D eigenvalue weighted by molar-refractivity contribution is 7.10. The molecular weight excluding hydrogens is 218 g/mol. The van der Waals surface area contributed by atoms with Crippen molar-refractivity contribution >= 4 is 16.9 Å². The highest BCUT2D eigenvalue weighted by atomic mass is 32.1. The molecule has 0 aliphatic heterocycles. The summed E-state index contributed by atoms with van der Waals surface area (Å²) in [5.41, 5.74) is 2.49. The molecule has 0 spiro atoms. The summed E-state index contributed by atoms with van der Waals surface area (Å²) in [6, 6.07) is 0. The molecule has 3 heteroatoms.